The van der Waals surface area contributed by atoms with Crippen molar-refractivity contribution < 1.29 is 4.39 Å². The molecule has 20 heavy (non-hydrogen) atoms. The van der Waals surface area contributed by atoms with E-state index in [2.05, 4.69) is 49.1 Å². The molecular formula is C16H28FN3. The number of anilines is 1. The van der Waals surface area contributed by atoms with Gasteiger partial charge in [0.25, 0.3) is 0 Å². The number of nitrogens with zero attached hydrogens (tertiary/aromatic N) is 2. The topological polar surface area (TPSA) is 18.5 Å². The maximum Gasteiger partial charge on any atom is 0.125 e. The molecule has 0 heterocycles. The molecule has 3 nitrogen and oxygen atoms in total. The average molecular weight is 281 g/mol. The van der Waals surface area contributed by atoms with Gasteiger partial charge in [-0.05, 0) is 64.3 Å². The second-order valence-corrected chi connectivity index (χ2v) is 5.33. The lowest BCUT2D eigenvalue weighted by atomic mass is 10.1. The summed E-state index contributed by atoms with van der Waals surface area (Å²) in [6.07, 6.45) is 1.08. The van der Waals surface area contributed by atoms with Crippen LogP contribution in [-0.4, -0.2) is 45.2 Å². The standard InChI is InChI=1S/C16H28FN3/c1-5-18-13-14-10-15(17)12-16(11-14)20(6-2)9-7-8-19(3)4/h10-12,18H,5-9,13H2,1-4H3. The molecule has 0 amide bonds. The van der Waals surface area contributed by atoms with Gasteiger partial charge in [0.1, 0.15) is 5.82 Å². The number of benzene rings is 1. The van der Waals surface area contributed by atoms with Crippen molar-refractivity contribution in [1.29, 1.82) is 0 Å². The fourth-order valence-electron chi connectivity index (χ4n) is 2.23. The lowest BCUT2D eigenvalue weighted by Crippen LogP contribution is -2.27. The van der Waals surface area contributed by atoms with Crippen LogP contribution in [0, 0.1) is 5.82 Å². The van der Waals surface area contributed by atoms with Gasteiger partial charge in [-0.2, -0.15) is 0 Å². The highest BCUT2D eigenvalue weighted by Crippen LogP contribution is 2.19. The number of halogens is 1. The van der Waals surface area contributed by atoms with Gasteiger partial charge in [-0.15, -0.1) is 0 Å². The van der Waals surface area contributed by atoms with Crippen LogP contribution in [0.3, 0.4) is 0 Å². The smallest absolute Gasteiger partial charge is 0.125 e. The molecule has 0 aliphatic carbocycles. The van der Waals surface area contributed by atoms with Gasteiger partial charge in [0.2, 0.25) is 0 Å². The third-order valence-electron chi connectivity index (χ3n) is 3.30. The van der Waals surface area contributed by atoms with Crippen molar-refractivity contribution in [2.75, 3.05) is 45.2 Å². The first kappa shape index (κ1) is 16.9. The Morgan fingerprint density at radius 3 is 2.45 bits per heavy atom. The number of rotatable bonds is 9. The summed E-state index contributed by atoms with van der Waals surface area (Å²) in [6, 6.07) is 5.33. The van der Waals surface area contributed by atoms with Crippen molar-refractivity contribution in [2.45, 2.75) is 26.8 Å². The highest BCUT2D eigenvalue weighted by atomic mass is 19.1. The van der Waals surface area contributed by atoms with Crippen LogP contribution in [0.1, 0.15) is 25.8 Å². The molecule has 1 rings (SSSR count). The molecule has 0 radical (unpaired) electrons. The highest BCUT2D eigenvalue weighted by Gasteiger charge is 2.08. The molecule has 0 spiro atoms. The molecule has 0 unspecified atom stereocenters. The van der Waals surface area contributed by atoms with Crippen LogP contribution >= 0.6 is 0 Å². The average Bonchev–Trinajstić information content (AvgIpc) is 2.40. The van der Waals surface area contributed by atoms with Gasteiger partial charge in [0, 0.05) is 25.3 Å². The lowest BCUT2D eigenvalue weighted by molar-refractivity contribution is 0.400. The van der Waals surface area contributed by atoms with Crippen LogP contribution in [0.4, 0.5) is 10.1 Å². The molecule has 1 N–H and O–H groups in total. The van der Waals surface area contributed by atoms with Gasteiger partial charge in [-0.3, -0.25) is 0 Å². The first-order chi connectivity index (χ1) is 9.56. The summed E-state index contributed by atoms with van der Waals surface area (Å²) >= 11 is 0. The van der Waals surface area contributed by atoms with Crippen molar-refractivity contribution in [2.24, 2.45) is 0 Å². The Hall–Kier alpha value is -1.13. The minimum absolute atomic E-state index is 0.151. The van der Waals surface area contributed by atoms with Crippen molar-refractivity contribution in [1.82, 2.24) is 10.2 Å². The third kappa shape index (κ3) is 5.88. The Bertz CT molecular complexity index is 393. The second-order valence-electron chi connectivity index (χ2n) is 5.33. The fourth-order valence-corrected chi connectivity index (χ4v) is 2.23. The Labute approximate surface area is 122 Å². The molecule has 1 aromatic rings. The van der Waals surface area contributed by atoms with E-state index in [1.54, 1.807) is 12.1 Å². The molecule has 0 aromatic heterocycles. The fraction of sp³-hybridized carbons (Fsp3) is 0.625. The summed E-state index contributed by atoms with van der Waals surface area (Å²) in [6.45, 7) is 8.69. The van der Waals surface area contributed by atoms with Gasteiger partial charge in [-0.1, -0.05) is 6.92 Å². The summed E-state index contributed by atoms with van der Waals surface area (Å²) in [5, 5.41) is 3.24. The number of hydrogen-bond donors (Lipinski definition) is 1. The van der Waals surface area contributed by atoms with Gasteiger partial charge >= 0.3 is 0 Å². The van der Waals surface area contributed by atoms with Crippen LogP contribution in [0.15, 0.2) is 18.2 Å². The van der Waals surface area contributed by atoms with E-state index in [0.29, 0.717) is 0 Å². The van der Waals surface area contributed by atoms with Crippen LogP contribution in [0.25, 0.3) is 0 Å². The van der Waals surface area contributed by atoms with Gasteiger partial charge in [0.05, 0.1) is 0 Å². The summed E-state index contributed by atoms with van der Waals surface area (Å²) in [7, 11) is 4.15. The summed E-state index contributed by atoms with van der Waals surface area (Å²) < 4.78 is 13.7. The molecule has 0 saturated heterocycles. The Balaban J connectivity index is 2.72. The van der Waals surface area contributed by atoms with Crippen LogP contribution in [0.2, 0.25) is 0 Å². The zero-order valence-electron chi connectivity index (χ0n) is 13.2. The van der Waals surface area contributed by atoms with Gasteiger partial charge < -0.3 is 15.1 Å². The minimum atomic E-state index is -0.151. The molecule has 0 atom stereocenters. The predicted octanol–water partition coefficient (Wildman–Crippen LogP) is 2.71. The Morgan fingerprint density at radius 2 is 1.85 bits per heavy atom. The van der Waals surface area contributed by atoms with E-state index in [0.717, 1.165) is 50.4 Å². The van der Waals surface area contributed by atoms with E-state index >= 15 is 0 Å². The molecule has 4 heteroatoms. The van der Waals surface area contributed by atoms with Crippen molar-refractivity contribution in [3.63, 3.8) is 0 Å². The summed E-state index contributed by atoms with van der Waals surface area (Å²) in [5.74, 6) is -0.151. The summed E-state index contributed by atoms with van der Waals surface area (Å²) in [4.78, 5) is 4.41. The van der Waals surface area contributed by atoms with E-state index in [1.807, 2.05) is 0 Å². The monoisotopic (exact) mass is 281 g/mol. The Kier molecular flexibility index (Phi) is 7.55. The van der Waals surface area contributed by atoms with Crippen molar-refractivity contribution in [3.8, 4) is 0 Å². The van der Waals surface area contributed by atoms with Gasteiger partial charge in [0.15, 0.2) is 0 Å². The maximum absolute atomic E-state index is 13.7. The molecule has 0 saturated carbocycles. The summed E-state index contributed by atoms with van der Waals surface area (Å²) in [5.41, 5.74) is 1.99. The van der Waals surface area contributed by atoms with E-state index in [4.69, 9.17) is 0 Å². The molecule has 0 aliphatic rings. The van der Waals surface area contributed by atoms with Crippen LogP contribution in [-0.2, 0) is 6.54 Å². The number of nitrogens with one attached hydrogen (secondary N) is 1. The molecule has 1 aromatic carbocycles. The lowest BCUT2D eigenvalue weighted by Gasteiger charge is -2.24. The third-order valence-corrected chi connectivity index (χ3v) is 3.30. The molecule has 0 fully saturated rings. The normalized spacial score (nSPS) is 11.1. The largest absolute Gasteiger partial charge is 0.372 e. The predicted molar refractivity (Wildman–Crippen MR) is 84.8 cm³/mol. The van der Waals surface area contributed by atoms with E-state index in [1.165, 1.54) is 0 Å². The first-order valence-corrected chi connectivity index (χ1v) is 7.46. The van der Waals surface area contributed by atoms with Crippen LogP contribution in [0.5, 0.6) is 0 Å². The molecular weight excluding hydrogens is 253 g/mol. The zero-order chi connectivity index (χ0) is 15.0. The Morgan fingerprint density at radius 1 is 1.10 bits per heavy atom. The maximum atomic E-state index is 13.7. The SMILES string of the molecule is CCNCc1cc(F)cc(N(CC)CCCN(C)C)c1. The number of hydrogen-bond acceptors (Lipinski definition) is 3. The van der Waals surface area contributed by atoms with Crippen molar-refractivity contribution in [3.05, 3.63) is 29.6 Å². The second kappa shape index (κ2) is 8.93. The minimum Gasteiger partial charge on any atom is -0.372 e. The quantitative estimate of drug-likeness (QED) is 0.751. The molecule has 114 valence electrons. The zero-order valence-corrected chi connectivity index (χ0v) is 13.2. The first-order valence-electron chi connectivity index (χ1n) is 7.46. The van der Waals surface area contributed by atoms with Crippen LogP contribution < -0.4 is 10.2 Å². The molecule has 0 aliphatic heterocycles. The van der Waals surface area contributed by atoms with E-state index < -0.39 is 0 Å². The highest BCUT2D eigenvalue weighted by molar-refractivity contribution is 5.49. The van der Waals surface area contributed by atoms with Gasteiger partial charge in [-0.25, -0.2) is 4.39 Å². The van der Waals surface area contributed by atoms with Crippen molar-refractivity contribution >= 4 is 5.69 Å². The van der Waals surface area contributed by atoms with E-state index in [-0.39, 0.29) is 5.82 Å². The molecule has 0 bridgehead atoms. The van der Waals surface area contributed by atoms with E-state index in [9.17, 15) is 4.39 Å².